The van der Waals surface area contributed by atoms with Gasteiger partial charge in [-0.1, -0.05) is 19.6 Å². The van der Waals surface area contributed by atoms with Gasteiger partial charge in [0.1, 0.15) is 20.1 Å². The van der Waals surface area contributed by atoms with Crippen molar-refractivity contribution in [3.05, 3.63) is 23.1 Å². The standard InChI is InChI=1S/C13H19BN8O2PS/c1-3-16-11-10-12(18-5-17-11)22(6-19-10)13-7(2)9(20-21-15)8(24-13)4-23-26-25-14/h5-9,13-14,25H,3-4H2,1-2H3,(H,16,17,18)/t7?,8-,9-,13-,25?/m1/s1/i1T,14T,25D. The zero-order chi connectivity index (χ0) is 20.8. The first-order chi connectivity index (χ1) is 14.1. The van der Waals surface area contributed by atoms with Crippen LogP contribution < -0.4 is 5.32 Å². The molecule has 10 nitrogen and oxygen atoms in total. The Morgan fingerprint density at radius 1 is 1.73 bits per heavy atom. The molecule has 0 amide bonds. The van der Waals surface area contributed by atoms with Gasteiger partial charge in [0, 0.05) is 30.4 Å². The lowest BCUT2D eigenvalue weighted by atomic mass is 10.00. The van der Waals surface area contributed by atoms with Crippen LogP contribution in [0, 0.1) is 5.92 Å². The van der Waals surface area contributed by atoms with Gasteiger partial charge in [-0.05, 0) is 13.8 Å². The van der Waals surface area contributed by atoms with E-state index in [1.807, 2.05) is 6.92 Å². The SMILES string of the molecule is [2H]P([B][3H])SOC[C@H]1O[C@@H](n2cnc3c(NCC[3H])ncnc32)C(C)[C@H]1N=[N+]=[N-]. The van der Waals surface area contributed by atoms with Crippen LogP contribution in [0.5, 0.6) is 0 Å². The molecule has 137 valence electrons. The van der Waals surface area contributed by atoms with Crippen LogP contribution >= 0.6 is 19.3 Å². The molecule has 3 rings (SSSR count). The number of hydrogen-bond donors (Lipinski definition) is 1. The van der Waals surface area contributed by atoms with E-state index in [4.69, 9.17) is 18.4 Å². The Hall–Kier alpha value is -1.58. The summed E-state index contributed by atoms with van der Waals surface area (Å²) in [5, 5.41) is 6.94. The van der Waals surface area contributed by atoms with Gasteiger partial charge in [0.25, 0.3) is 0 Å². The Morgan fingerprint density at radius 3 is 3.46 bits per heavy atom. The molecule has 0 aliphatic carbocycles. The first-order valence-electron chi connectivity index (χ1n) is 9.53. The second kappa shape index (κ2) is 8.88. The predicted octanol–water partition coefficient (Wildman–Crippen LogP) is 2.54. The fourth-order valence-corrected chi connectivity index (χ4v) is 3.62. The number of nitrogens with zero attached hydrogens (tertiary/aromatic N) is 7. The Labute approximate surface area is 161 Å². The Bertz CT molecular complexity index is 878. The maximum Gasteiger partial charge on any atom is 0.167 e. The van der Waals surface area contributed by atoms with Crippen molar-refractivity contribution in [1.82, 2.24) is 19.5 Å². The molecule has 3 heterocycles. The molecule has 0 spiro atoms. The minimum Gasteiger partial charge on any atom is -0.368 e. The lowest BCUT2D eigenvalue weighted by Gasteiger charge is -2.17. The van der Waals surface area contributed by atoms with Crippen LogP contribution in [0.25, 0.3) is 21.6 Å². The Morgan fingerprint density at radius 2 is 2.65 bits per heavy atom. The first-order valence-corrected chi connectivity index (χ1v) is 10.1. The van der Waals surface area contributed by atoms with Gasteiger partial charge in [-0.25, -0.2) is 15.0 Å². The van der Waals surface area contributed by atoms with Gasteiger partial charge in [0.15, 0.2) is 17.0 Å². The monoisotopic (exact) mass is 398 g/mol. The third-order valence-electron chi connectivity index (χ3n) is 4.12. The summed E-state index contributed by atoms with van der Waals surface area (Å²) in [5.41, 5.74) is 10.1. The zero-order valence-corrected chi connectivity index (χ0v) is 15.7. The van der Waals surface area contributed by atoms with Crippen molar-refractivity contribution in [3.8, 4) is 0 Å². The van der Waals surface area contributed by atoms with Crippen LogP contribution in [0.15, 0.2) is 17.8 Å². The topological polar surface area (TPSA) is 123 Å². The zero-order valence-electron chi connectivity index (χ0n) is 17.0. The van der Waals surface area contributed by atoms with Crippen LogP contribution in [0.4, 0.5) is 5.82 Å². The van der Waals surface area contributed by atoms with Crippen LogP contribution in [-0.4, -0.2) is 55.0 Å². The molecule has 1 fully saturated rings. The molecule has 1 aliphatic heterocycles. The molecule has 5 atom stereocenters. The van der Waals surface area contributed by atoms with E-state index >= 15 is 0 Å². The molecular formula is C13H19BN8O2PS. The molecule has 2 aromatic heterocycles. The van der Waals surface area contributed by atoms with Crippen molar-refractivity contribution in [2.75, 3.05) is 18.5 Å². The van der Waals surface area contributed by atoms with Gasteiger partial charge in [-0.15, -0.1) is 0 Å². The number of fused-ring (bicyclic) bond motifs is 1. The average Bonchev–Trinajstić information content (AvgIpc) is 3.29. The number of nitrogens with one attached hydrogen (secondary N) is 1. The quantitative estimate of drug-likeness (QED) is 0.172. The first kappa shape index (κ1) is 15.5. The Balaban J connectivity index is 1.82. The molecule has 1 aliphatic rings. The lowest BCUT2D eigenvalue weighted by Crippen LogP contribution is -2.26. The average molecular weight is 398 g/mol. The van der Waals surface area contributed by atoms with Crippen molar-refractivity contribution in [2.45, 2.75) is 32.2 Å². The van der Waals surface area contributed by atoms with Crippen LogP contribution in [0.1, 0.15) is 21.4 Å². The summed E-state index contributed by atoms with van der Waals surface area (Å²) in [7, 11) is -0.414. The van der Waals surface area contributed by atoms with E-state index in [9.17, 15) is 0 Å². The van der Waals surface area contributed by atoms with E-state index in [0.717, 1.165) is 19.2 Å². The third kappa shape index (κ3) is 3.75. The number of azide groups is 1. The van der Waals surface area contributed by atoms with Gasteiger partial charge in [-0.2, -0.15) is 0 Å². The highest BCUT2D eigenvalue weighted by Gasteiger charge is 2.43. The van der Waals surface area contributed by atoms with Gasteiger partial charge in [0.05, 0.1) is 26.4 Å². The molecule has 2 aromatic rings. The highest BCUT2D eigenvalue weighted by molar-refractivity contribution is 8.53. The highest BCUT2D eigenvalue weighted by Crippen LogP contribution is 2.39. The summed E-state index contributed by atoms with van der Waals surface area (Å²) in [6.07, 6.45) is 2.04. The second-order valence-corrected chi connectivity index (χ2v) is 7.23. The van der Waals surface area contributed by atoms with Crippen LogP contribution in [0.2, 0.25) is 0 Å². The summed E-state index contributed by atoms with van der Waals surface area (Å²) >= 11 is 0.906. The summed E-state index contributed by atoms with van der Waals surface area (Å²) in [5.74, 6) is 0.367. The molecule has 2 unspecified atom stereocenters. The highest BCUT2D eigenvalue weighted by atomic mass is 32.7. The largest absolute Gasteiger partial charge is 0.368 e. The van der Waals surface area contributed by atoms with E-state index in [1.165, 1.54) is 6.33 Å². The van der Waals surface area contributed by atoms with Gasteiger partial charge in [0.2, 0.25) is 0 Å². The van der Waals surface area contributed by atoms with E-state index in [-0.39, 0.29) is 19.4 Å². The lowest BCUT2D eigenvalue weighted by molar-refractivity contribution is -0.0236. The molecule has 0 bridgehead atoms. The van der Waals surface area contributed by atoms with Gasteiger partial charge in [-0.3, -0.25) is 4.57 Å². The maximum absolute atomic E-state index is 8.96. The molecule has 1 saturated heterocycles. The molecule has 0 aromatic carbocycles. The van der Waals surface area contributed by atoms with Crippen molar-refractivity contribution in [2.24, 2.45) is 11.0 Å². The smallest absolute Gasteiger partial charge is 0.167 e. The fourth-order valence-electron chi connectivity index (χ4n) is 3.00. The molecular weight excluding hydrogens is 374 g/mol. The van der Waals surface area contributed by atoms with E-state index in [0.29, 0.717) is 23.5 Å². The fraction of sp³-hybridized carbons (Fsp3) is 0.615. The number of aromatic nitrogens is 4. The molecule has 1 radical (unpaired) electrons. The minimum absolute atomic E-state index is 0.124. The normalized spacial score (nSPS) is 28.0. The van der Waals surface area contributed by atoms with Crippen molar-refractivity contribution in [3.63, 3.8) is 0 Å². The molecule has 0 saturated carbocycles. The van der Waals surface area contributed by atoms with Crippen LogP contribution in [0.3, 0.4) is 0 Å². The van der Waals surface area contributed by atoms with E-state index in [1.54, 1.807) is 10.9 Å². The summed E-state index contributed by atoms with van der Waals surface area (Å²) < 4.78 is 35.3. The maximum atomic E-state index is 8.96. The van der Waals surface area contributed by atoms with Gasteiger partial charge >= 0.3 is 0 Å². The van der Waals surface area contributed by atoms with E-state index in [2.05, 4.69) is 30.3 Å². The number of imidazole rings is 1. The summed E-state index contributed by atoms with van der Waals surface area (Å²) in [6.45, 7) is 2.69. The Kier molecular flexibility index (Phi) is 5.29. The molecule has 1 N–H and O–H groups in total. The van der Waals surface area contributed by atoms with Gasteiger partial charge < -0.3 is 14.2 Å². The number of rotatable bonds is 9. The third-order valence-corrected chi connectivity index (χ3v) is 5.02. The van der Waals surface area contributed by atoms with Crippen molar-refractivity contribution < 1.29 is 10.3 Å². The molecule has 13 heteroatoms. The molecule has 26 heavy (non-hydrogen) atoms. The number of anilines is 1. The second-order valence-electron chi connectivity index (χ2n) is 5.56. The summed E-state index contributed by atoms with van der Waals surface area (Å²) in [4.78, 5) is 15.8. The van der Waals surface area contributed by atoms with E-state index < -0.39 is 26.0 Å². The van der Waals surface area contributed by atoms with Crippen LogP contribution in [-0.2, 0) is 8.92 Å². The minimum atomic E-state index is -1.44. The number of ether oxygens (including phenoxy) is 1. The van der Waals surface area contributed by atoms with Crippen molar-refractivity contribution >= 4 is 43.8 Å². The number of hydrogen-bond acceptors (Lipinski definition) is 8. The predicted molar refractivity (Wildman–Crippen MR) is 105 cm³/mol. The summed E-state index contributed by atoms with van der Waals surface area (Å²) in [6, 6.07) is -0.470. The van der Waals surface area contributed by atoms with Crippen molar-refractivity contribution in [1.29, 1.82) is 2.61 Å².